The van der Waals surface area contributed by atoms with E-state index in [4.69, 9.17) is 10.6 Å². The number of nitrogens with two attached hydrogens (primary N) is 1. The molecular formula is C14H26N4O3. The quantitative estimate of drug-likeness (QED) is 0.408. The Kier molecular flexibility index (Phi) is 5.96. The van der Waals surface area contributed by atoms with Gasteiger partial charge in [0.15, 0.2) is 0 Å². The van der Waals surface area contributed by atoms with Crippen molar-refractivity contribution in [3.05, 3.63) is 0 Å². The van der Waals surface area contributed by atoms with E-state index in [9.17, 15) is 9.59 Å². The molecule has 0 spiro atoms. The standard InChI is InChI=1S/C14H26N4O3/c1-21-12-3-2-6-17(9-12)10-13(19)18-7-4-11(5-8-18)14(20)16-15/h11-12H,2-10,15H2,1H3,(H,16,20). The van der Waals surface area contributed by atoms with Gasteiger partial charge in [-0.1, -0.05) is 0 Å². The monoisotopic (exact) mass is 298 g/mol. The minimum atomic E-state index is -0.124. The summed E-state index contributed by atoms with van der Waals surface area (Å²) in [5, 5.41) is 0. The Hall–Kier alpha value is -1.18. The first-order valence-corrected chi connectivity index (χ1v) is 7.67. The number of likely N-dealkylation sites (tertiary alicyclic amines) is 2. The average Bonchev–Trinajstić information content (AvgIpc) is 2.54. The fourth-order valence-corrected chi connectivity index (χ4v) is 3.15. The van der Waals surface area contributed by atoms with E-state index in [0.717, 1.165) is 25.9 Å². The number of nitrogens with zero attached hydrogens (tertiary/aromatic N) is 2. The van der Waals surface area contributed by atoms with Crippen LogP contribution in [0.3, 0.4) is 0 Å². The predicted molar refractivity (Wildman–Crippen MR) is 78.1 cm³/mol. The largest absolute Gasteiger partial charge is 0.380 e. The van der Waals surface area contributed by atoms with Crippen molar-refractivity contribution in [1.82, 2.24) is 15.2 Å². The van der Waals surface area contributed by atoms with Crippen LogP contribution in [-0.2, 0) is 14.3 Å². The summed E-state index contributed by atoms with van der Waals surface area (Å²) < 4.78 is 5.38. The Balaban J connectivity index is 1.75. The number of nitrogens with one attached hydrogen (secondary N) is 1. The van der Waals surface area contributed by atoms with E-state index in [1.807, 2.05) is 4.90 Å². The first kappa shape index (κ1) is 16.2. The molecule has 120 valence electrons. The number of carbonyl (C=O) groups excluding carboxylic acids is 2. The Morgan fingerprint density at radius 1 is 1.24 bits per heavy atom. The Labute approximate surface area is 125 Å². The number of hydrogen-bond acceptors (Lipinski definition) is 5. The number of rotatable bonds is 4. The third kappa shape index (κ3) is 4.39. The number of hydrogen-bond donors (Lipinski definition) is 2. The van der Waals surface area contributed by atoms with Crippen LogP contribution in [0, 0.1) is 5.92 Å². The number of hydrazine groups is 1. The number of methoxy groups -OCH3 is 1. The number of carbonyl (C=O) groups is 2. The van der Waals surface area contributed by atoms with Crippen LogP contribution in [-0.4, -0.2) is 67.6 Å². The van der Waals surface area contributed by atoms with Crippen molar-refractivity contribution >= 4 is 11.8 Å². The lowest BCUT2D eigenvalue weighted by Crippen LogP contribution is -2.49. The maximum atomic E-state index is 12.3. The molecule has 2 rings (SSSR count). The Morgan fingerprint density at radius 2 is 1.95 bits per heavy atom. The Morgan fingerprint density at radius 3 is 2.57 bits per heavy atom. The summed E-state index contributed by atoms with van der Waals surface area (Å²) in [5.41, 5.74) is 2.19. The van der Waals surface area contributed by atoms with Gasteiger partial charge in [0, 0.05) is 32.7 Å². The smallest absolute Gasteiger partial charge is 0.237 e. The normalized spacial score (nSPS) is 24.9. The van der Waals surface area contributed by atoms with Crippen molar-refractivity contribution < 1.29 is 14.3 Å². The van der Waals surface area contributed by atoms with Crippen LogP contribution in [0.5, 0.6) is 0 Å². The lowest BCUT2D eigenvalue weighted by Gasteiger charge is -2.35. The molecule has 21 heavy (non-hydrogen) atoms. The SMILES string of the molecule is COC1CCCN(CC(=O)N2CCC(C(=O)NN)CC2)C1. The van der Waals surface area contributed by atoms with Crippen molar-refractivity contribution in [2.45, 2.75) is 31.8 Å². The molecule has 2 fully saturated rings. The third-order valence-corrected chi connectivity index (χ3v) is 4.52. The van der Waals surface area contributed by atoms with E-state index < -0.39 is 0 Å². The van der Waals surface area contributed by atoms with Crippen LogP contribution in [0.2, 0.25) is 0 Å². The molecule has 3 N–H and O–H groups in total. The molecule has 2 aliphatic rings. The number of amides is 2. The molecule has 2 saturated heterocycles. The first-order valence-electron chi connectivity index (χ1n) is 7.67. The van der Waals surface area contributed by atoms with Gasteiger partial charge in [-0.3, -0.25) is 19.9 Å². The van der Waals surface area contributed by atoms with E-state index in [0.29, 0.717) is 32.5 Å². The summed E-state index contributed by atoms with van der Waals surface area (Å²) in [5.74, 6) is 5.11. The summed E-state index contributed by atoms with van der Waals surface area (Å²) in [7, 11) is 1.73. The summed E-state index contributed by atoms with van der Waals surface area (Å²) in [6.45, 7) is 3.51. The minimum Gasteiger partial charge on any atom is -0.380 e. The van der Waals surface area contributed by atoms with Gasteiger partial charge in [0.2, 0.25) is 11.8 Å². The van der Waals surface area contributed by atoms with Crippen LogP contribution in [0.15, 0.2) is 0 Å². The highest BCUT2D eigenvalue weighted by Gasteiger charge is 2.28. The molecular weight excluding hydrogens is 272 g/mol. The lowest BCUT2D eigenvalue weighted by molar-refractivity contribution is -0.137. The molecule has 1 atom stereocenters. The van der Waals surface area contributed by atoms with Crippen LogP contribution in [0.1, 0.15) is 25.7 Å². The highest BCUT2D eigenvalue weighted by Crippen LogP contribution is 2.18. The van der Waals surface area contributed by atoms with E-state index in [1.54, 1.807) is 7.11 Å². The highest BCUT2D eigenvalue weighted by molar-refractivity contribution is 5.80. The minimum absolute atomic E-state index is 0.0630. The van der Waals surface area contributed by atoms with Gasteiger partial charge in [-0.25, -0.2) is 5.84 Å². The number of ether oxygens (including phenoxy) is 1. The highest BCUT2D eigenvalue weighted by atomic mass is 16.5. The molecule has 0 radical (unpaired) electrons. The van der Waals surface area contributed by atoms with Gasteiger partial charge >= 0.3 is 0 Å². The third-order valence-electron chi connectivity index (χ3n) is 4.52. The second-order valence-electron chi connectivity index (χ2n) is 5.90. The van der Waals surface area contributed by atoms with Crippen molar-refractivity contribution in [3.63, 3.8) is 0 Å². The summed E-state index contributed by atoms with van der Waals surface area (Å²) >= 11 is 0. The van der Waals surface area contributed by atoms with E-state index in [2.05, 4.69) is 10.3 Å². The van der Waals surface area contributed by atoms with Crippen molar-refractivity contribution in [2.75, 3.05) is 39.8 Å². The molecule has 0 saturated carbocycles. The molecule has 0 bridgehead atoms. The second kappa shape index (κ2) is 7.72. The average molecular weight is 298 g/mol. The van der Waals surface area contributed by atoms with Gasteiger partial charge in [0.25, 0.3) is 0 Å². The molecule has 0 aromatic heterocycles. The molecule has 7 nitrogen and oxygen atoms in total. The van der Waals surface area contributed by atoms with E-state index in [1.165, 1.54) is 0 Å². The summed E-state index contributed by atoms with van der Waals surface area (Å²) in [6, 6.07) is 0. The maximum Gasteiger partial charge on any atom is 0.237 e. The fraction of sp³-hybridized carbons (Fsp3) is 0.857. The van der Waals surface area contributed by atoms with Crippen LogP contribution >= 0.6 is 0 Å². The van der Waals surface area contributed by atoms with Crippen LogP contribution in [0.4, 0.5) is 0 Å². The lowest BCUT2D eigenvalue weighted by atomic mass is 9.96. The zero-order chi connectivity index (χ0) is 15.2. The zero-order valence-electron chi connectivity index (χ0n) is 12.7. The molecule has 1 unspecified atom stereocenters. The second-order valence-corrected chi connectivity index (χ2v) is 5.90. The molecule has 2 aliphatic heterocycles. The molecule has 0 aromatic carbocycles. The van der Waals surface area contributed by atoms with Gasteiger partial charge in [-0.2, -0.15) is 0 Å². The first-order chi connectivity index (χ1) is 10.1. The van der Waals surface area contributed by atoms with Gasteiger partial charge in [-0.15, -0.1) is 0 Å². The molecule has 2 heterocycles. The van der Waals surface area contributed by atoms with Gasteiger partial charge in [0.1, 0.15) is 0 Å². The van der Waals surface area contributed by atoms with Crippen LogP contribution < -0.4 is 11.3 Å². The summed E-state index contributed by atoms with van der Waals surface area (Å²) in [4.78, 5) is 27.8. The van der Waals surface area contributed by atoms with Crippen LogP contribution in [0.25, 0.3) is 0 Å². The molecule has 7 heteroatoms. The van der Waals surface area contributed by atoms with Gasteiger partial charge in [0.05, 0.1) is 12.6 Å². The van der Waals surface area contributed by atoms with Crippen molar-refractivity contribution in [1.29, 1.82) is 0 Å². The van der Waals surface area contributed by atoms with Gasteiger partial charge in [-0.05, 0) is 32.2 Å². The topological polar surface area (TPSA) is 87.9 Å². The van der Waals surface area contributed by atoms with Crippen molar-refractivity contribution in [3.8, 4) is 0 Å². The zero-order valence-corrected chi connectivity index (χ0v) is 12.7. The molecule has 2 amide bonds. The van der Waals surface area contributed by atoms with Crippen molar-refractivity contribution in [2.24, 2.45) is 11.8 Å². The molecule has 0 aromatic rings. The number of piperidine rings is 2. The molecule has 0 aliphatic carbocycles. The predicted octanol–water partition coefficient (Wildman–Crippen LogP) is -0.674. The maximum absolute atomic E-state index is 12.3. The van der Waals surface area contributed by atoms with E-state index in [-0.39, 0.29) is 23.8 Å². The fourth-order valence-electron chi connectivity index (χ4n) is 3.15. The van der Waals surface area contributed by atoms with E-state index >= 15 is 0 Å². The summed E-state index contributed by atoms with van der Waals surface area (Å²) in [6.07, 6.45) is 3.77. The van der Waals surface area contributed by atoms with Gasteiger partial charge < -0.3 is 9.64 Å². The Bertz CT molecular complexity index is 369.